The number of hydrogen-bond donors (Lipinski definition) is 1. The predicted molar refractivity (Wildman–Crippen MR) is 27.7 cm³/mol. The van der Waals surface area contributed by atoms with Crippen LogP contribution in [0.15, 0.2) is 17.5 Å². The molecule has 3 nitrogen and oxygen atoms in total. The van der Waals surface area contributed by atoms with E-state index in [4.69, 9.17) is 5.53 Å². The largest absolute Gasteiger partial charge is 0.256 e. The molecule has 0 spiro atoms. The Morgan fingerprint density at radius 3 is 2.29 bits per heavy atom. The third-order valence-electron chi connectivity index (χ3n) is 0.702. The Labute approximate surface area is 43.1 Å². The van der Waals surface area contributed by atoms with Gasteiger partial charge in [-0.05, 0) is 6.92 Å². The van der Waals surface area contributed by atoms with E-state index in [1.807, 2.05) is 0 Å². The van der Waals surface area contributed by atoms with E-state index in [2.05, 4.69) is 11.8 Å². The molecule has 0 heterocycles. The molecule has 40 valence electrons. The fraction of sp³-hybridized carbons (Fsp3) is 0.500. The van der Waals surface area contributed by atoms with E-state index >= 15 is 0 Å². The first kappa shape index (κ1) is 6.14. The molecule has 0 bridgehead atoms. The molecule has 3 heteroatoms. The molecule has 0 saturated heterocycles. The van der Waals surface area contributed by atoms with Gasteiger partial charge in [0.1, 0.15) is 0 Å². The molecule has 0 saturated carbocycles. The maximum Gasteiger partial charge on any atom is 0.0316 e. The third kappa shape index (κ3) is 1.92. The van der Waals surface area contributed by atoms with Crippen LogP contribution in [0.3, 0.4) is 0 Å². The lowest BCUT2D eigenvalue weighted by atomic mass is 10.6. The van der Waals surface area contributed by atoms with Crippen molar-refractivity contribution in [2.45, 2.75) is 6.92 Å². The van der Waals surface area contributed by atoms with Crippen LogP contribution in [0.5, 0.6) is 0 Å². The average Bonchev–Trinajstić information content (AvgIpc) is 1.65. The standard InChI is InChI=1S/C4H9N3/c1-4(2)7(3)6-5/h5H,1H2,2-3H3. The van der Waals surface area contributed by atoms with E-state index in [1.54, 1.807) is 14.0 Å². The van der Waals surface area contributed by atoms with Crippen LogP contribution in [-0.2, 0) is 0 Å². The van der Waals surface area contributed by atoms with Gasteiger partial charge in [-0.15, -0.1) is 0 Å². The maximum absolute atomic E-state index is 6.43. The minimum atomic E-state index is 0.773. The number of allylic oxidation sites excluding steroid dienone is 1. The van der Waals surface area contributed by atoms with Crippen LogP contribution in [0, 0.1) is 5.53 Å². The second kappa shape index (κ2) is 2.34. The van der Waals surface area contributed by atoms with Gasteiger partial charge in [-0.1, -0.05) is 11.8 Å². The van der Waals surface area contributed by atoms with Crippen molar-refractivity contribution >= 4 is 0 Å². The fourth-order valence-corrected chi connectivity index (χ4v) is 0.0854. The molecule has 0 aromatic rings. The van der Waals surface area contributed by atoms with Gasteiger partial charge in [-0.3, -0.25) is 5.01 Å². The Morgan fingerprint density at radius 2 is 2.29 bits per heavy atom. The third-order valence-corrected chi connectivity index (χ3v) is 0.702. The van der Waals surface area contributed by atoms with Gasteiger partial charge in [0.2, 0.25) is 0 Å². The van der Waals surface area contributed by atoms with Gasteiger partial charge in [-0.25, -0.2) is 0 Å². The summed E-state index contributed by atoms with van der Waals surface area (Å²) in [6.07, 6.45) is 0. The van der Waals surface area contributed by atoms with E-state index in [9.17, 15) is 0 Å². The van der Waals surface area contributed by atoms with E-state index in [-0.39, 0.29) is 0 Å². The van der Waals surface area contributed by atoms with Crippen LogP contribution in [0.25, 0.3) is 0 Å². The Balaban J connectivity index is 3.55. The van der Waals surface area contributed by atoms with E-state index in [1.165, 1.54) is 5.01 Å². The Morgan fingerprint density at radius 1 is 1.86 bits per heavy atom. The van der Waals surface area contributed by atoms with Crippen molar-refractivity contribution in [1.29, 1.82) is 5.53 Å². The summed E-state index contributed by atoms with van der Waals surface area (Å²) >= 11 is 0. The normalized spacial score (nSPS) is 7.71. The van der Waals surface area contributed by atoms with Crippen molar-refractivity contribution < 1.29 is 0 Å². The van der Waals surface area contributed by atoms with E-state index < -0.39 is 0 Å². The van der Waals surface area contributed by atoms with Crippen molar-refractivity contribution in [3.63, 3.8) is 0 Å². The molecule has 7 heavy (non-hydrogen) atoms. The van der Waals surface area contributed by atoms with Crippen LogP contribution < -0.4 is 0 Å². The summed E-state index contributed by atoms with van der Waals surface area (Å²) in [5.41, 5.74) is 7.20. The zero-order valence-electron chi connectivity index (χ0n) is 4.60. The van der Waals surface area contributed by atoms with Crippen molar-refractivity contribution in [1.82, 2.24) is 5.01 Å². The lowest BCUT2D eigenvalue weighted by molar-refractivity contribution is 0.405. The highest BCUT2D eigenvalue weighted by Gasteiger charge is 1.86. The van der Waals surface area contributed by atoms with Gasteiger partial charge < -0.3 is 0 Å². The van der Waals surface area contributed by atoms with Crippen LogP contribution in [0.4, 0.5) is 0 Å². The topological polar surface area (TPSA) is 39.5 Å². The van der Waals surface area contributed by atoms with Crippen LogP contribution >= 0.6 is 0 Å². The summed E-state index contributed by atoms with van der Waals surface area (Å²) in [5, 5.41) is 4.46. The second-order valence-electron chi connectivity index (χ2n) is 1.36. The lowest BCUT2D eigenvalue weighted by Gasteiger charge is -2.06. The van der Waals surface area contributed by atoms with E-state index in [0.717, 1.165) is 5.70 Å². The summed E-state index contributed by atoms with van der Waals surface area (Å²) in [7, 11) is 1.68. The van der Waals surface area contributed by atoms with Crippen molar-refractivity contribution in [3.8, 4) is 0 Å². The molecule has 0 aliphatic rings. The van der Waals surface area contributed by atoms with Gasteiger partial charge in [-0.2, -0.15) is 5.53 Å². The number of hydrogen-bond acceptors (Lipinski definition) is 2. The van der Waals surface area contributed by atoms with Crippen molar-refractivity contribution in [3.05, 3.63) is 12.3 Å². The highest BCUT2D eigenvalue weighted by atomic mass is 15.5. The molecule has 0 aliphatic heterocycles. The minimum Gasteiger partial charge on any atom is -0.256 e. The van der Waals surface area contributed by atoms with Crippen molar-refractivity contribution in [2.75, 3.05) is 7.05 Å². The first-order valence-electron chi connectivity index (χ1n) is 1.95. The molecule has 0 atom stereocenters. The quantitative estimate of drug-likeness (QED) is 0.412. The molecule has 0 radical (unpaired) electrons. The average molecular weight is 99.1 g/mol. The Kier molecular flexibility index (Phi) is 2.05. The summed E-state index contributed by atoms with van der Waals surface area (Å²) in [4.78, 5) is 0. The fourth-order valence-electron chi connectivity index (χ4n) is 0.0854. The predicted octanol–water partition coefficient (Wildman–Crippen LogP) is 1.40. The zero-order valence-corrected chi connectivity index (χ0v) is 4.60. The van der Waals surface area contributed by atoms with E-state index in [0.29, 0.717) is 0 Å². The van der Waals surface area contributed by atoms with Crippen LogP contribution in [0.1, 0.15) is 6.92 Å². The molecular weight excluding hydrogens is 90.1 g/mol. The zero-order chi connectivity index (χ0) is 5.86. The lowest BCUT2D eigenvalue weighted by Crippen LogP contribution is -2.03. The Hall–Kier alpha value is -0.860. The molecule has 0 aromatic carbocycles. The maximum atomic E-state index is 6.43. The first-order valence-corrected chi connectivity index (χ1v) is 1.95. The highest BCUT2D eigenvalue weighted by Crippen LogP contribution is 1.92. The summed E-state index contributed by atoms with van der Waals surface area (Å²) in [5.74, 6) is 0. The van der Waals surface area contributed by atoms with Gasteiger partial charge in [0.25, 0.3) is 0 Å². The molecule has 0 amide bonds. The molecule has 0 unspecified atom stereocenters. The van der Waals surface area contributed by atoms with Crippen LogP contribution in [-0.4, -0.2) is 12.1 Å². The molecular formula is C4H9N3. The highest BCUT2D eigenvalue weighted by molar-refractivity contribution is 4.82. The molecule has 0 aromatic heterocycles. The molecule has 0 aliphatic carbocycles. The van der Waals surface area contributed by atoms with Gasteiger partial charge >= 0.3 is 0 Å². The van der Waals surface area contributed by atoms with Crippen LogP contribution in [0.2, 0.25) is 0 Å². The monoisotopic (exact) mass is 99.1 g/mol. The smallest absolute Gasteiger partial charge is 0.0316 e. The Bertz CT molecular complexity index is 86.9. The summed E-state index contributed by atoms with van der Waals surface area (Å²) in [6.45, 7) is 5.33. The first-order chi connectivity index (χ1) is 3.18. The second-order valence-corrected chi connectivity index (χ2v) is 1.36. The van der Waals surface area contributed by atoms with Gasteiger partial charge in [0.05, 0.1) is 0 Å². The van der Waals surface area contributed by atoms with Gasteiger partial charge in [0.15, 0.2) is 0 Å². The molecule has 0 fully saturated rings. The number of nitrogens with one attached hydrogen (secondary N) is 1. The SMILES string of the molecule is C=C(C)N(C)N=N. The van der Waals surface area contributed by atoms with Gasteiger partial charge in [0, 0.05) is 12.7 Å². The molecule has 0 rings (SSSR count). The minimum absolute atomic E-state index is 0.773. The van der Waals surface area contributed by atoms with Crippen molar-refractivity contribution in [2.24, 2.45) is 5.22 Å². The number of nitrogens with zero attached hydrogens (tertiary/aromatic N) is 2. The summed E-state index contributed by atoms with van der Waals surface area (Å²) < 4.78 is 0. The summed E-state index contributed by atoms with van der Waals surface area (Å²) in [6, 6.07) is 0. The number of rotatable bonds is 2. The molecule has 1 N–H and O–H groups in total.